The van der Waals surface area contributed by atoms with Crippen molar-refractivity contribution in [2.24, 2.45) is 0 Å². The Balaban J connectivity index is 2.65. The molecule has 1 heterocycles. The second-order valence-corrected chi connectivity index (χ2v) is 4.37. The zero-order valence-electron chi connectivity index (χ0n) is 12.0. The van der Waals surface area contributed by atoms with Crippen molar-refractivity contribution in [1.29, 1.82) is 0 Å². The minimum atomic E-state index is -0.423. The minimum absolute atomic E-state index is 0.00112. The molecular weight excluding hydrogens is 260 g/mol. The number of nitrogens with zero attached hydrogens (tertiary/aromatic N) is 2. The largest absolute Gasteiger partial charge is 0.385 e. The topological polar surface area (TPSA) is 89.3 Å². The van der Waals surface area contributed by atoms with Gasteiger partial charge < -0.3 is 15.4 Å². The molecule has 0 aromatic carbocycles. The van der Waals surface area contributed by atoms with Gasteiger partial charge in [-0.1, -0.05) is 6.92 Å². The van der Waals surface area contributed by atoms with Crippen molar-refractivity contribution < 1.29 is 9.66 Å². The van der Waals surface area contributed by atoms with Crippen molar-refractivity contribution in [1.82, 2.24) is 4.98 Å². The molecule has 0 fully saturated rings. The van der Waals surface area contributed by atoms with E-state index in [2.05, 4.69) is 15.6 Å². The molecule has 0 aliphatic rings. The lowest BCUT2D eigenvalue weighted by Gasteiger charge is -2.09. The lowest BCUT2D eigenvalue weighted by molar-refractivity contribution is -0.384. The van der Waals surface area contributed by atoms with Gasteiger partial charge in [-0.05, 0) is 25.3 Å². The van der Waals surface area contributed by atoms with Crippen LogP contribution in [0.2, 0.25) is 0 Å². The van der Waals surface area contributed by atoms with Crippen LogP contribution in [-0.4, -0.2) is 36.7 Å². The lowest BCUT2D eigenvalue weighted by Crippen LogP contribution is -2.09. The summed E-state index contributed by atoms with van der Waals surface area (Å²) in [6.45, 7) is 4.16. The monoisotopic (exact) mass is 282 g/mol. The molecule has 0 saturated heterocycles. The molecule has 7 nitrogen and oxygen atoms in total. The summed E-state index contributed by atoms with van der Waals surface area (Å²) in [6.07, 6.45) is 2.75. The zero-order valence-corrected chi connectivity index (χ0v) is 12.0. The van der Waals surface area contributed by atoms with Crippen LogP contribution in [0.3, 0.4) is 0 Å². The van der Waals surface area contributed by atoms with E-state index in [0.29, 0.717) is 24.8 Å². The second-order valence-electron chi connectivity index (χ2n) is 4.37. The van der Waals surface area contributed by atoms with Gasteiger partial charge in [-0.2, -0.15) is 0 Å². The first-order chi connectivity index (χ1) is 9.69. The molecule has 0 bridgehead atoms. The summed E-state index contributed by atoms with van der Waals surface area (Å²) in [5, 5.41) is 17.1. The minimum Gasteiger partial charge on any atom is -0.385 e. The number of pyridine rings is 1. The maximum atomic E-state index is 11.0. The van der Waals surface area contributed by atoms with E-state index in [9.17, 15) is 10.1 Å². The van der Waals surface area contributed by atoms with E-state index in [1.807, 2.05) is 6.92 Å². The Morgan fingerprint density at radius 2 is 2.10 bits per heavy atom. The van der Waals surface area contributed by atoms with Crippen LogP contribution in [0.1, 0.15) is 26.2 Å². The summed E-state index contributed by atoms with van der Waals surface area (Å²) in [6, 6.07) is 3.10. The van der Waals surface area contributed by atoms with Crippen LogP contribution in [0, 0.1) is 10.1 Å². The number of aromatic nitrogens is 1. The highest BCUT2D eigenvalue weighted by Gasteiger charge is 2.15. The van der Waals surface area contributed by atoms with E-state index >= 15 is 0 Å². The predicted octanol–water partition coefficient (Wildman–Crippen LogP) is 2.65. The highest BCUT2D eigenvalue weighted by molar-refractivity contribution is 5.60. The number of anilines is 2. The number of methoxy groups -OCH3 is 1. The standard InChI is InChI=1S/C13H22N4O3/c1-3-8-14-12-7-6-11(17(18)19)13(16-12)15-9-4-5-10-20-2/h6-7H,3-5,8-10H2,1-2H3,(H2,14,15,16). The zero-order chi connectivity index (χ0) is 14.8. The first kappa shape index (κ1) is 16.2. The summed E-state index contributed by atoms with van der Waals surface area (Å²) in [5.74, 6) is 0.963. The Bertz CT molecular complexity index is 426. The third kappa shape index (κ3) is 5.40. The average Bonchev–Trinajstić information content (AvgIpc) is 2.44. The Hall–Kier alpha value is -1.89. The van der Waals surface area contributed by atoms with Gasteiger partial charge in [0.05, 0.1) is 4.92 Å². The molecular formula is C13H22N4O3. The van der Waals surface area contributed by atoms with E-state index < -0.39 is 4.92 Å². The fraction of sp³-hybridized carbons (Fsp3) is 0.615. The van der Waals surface area contributed by atoms with Crippen LogP contribution >= 0.6 is 0 Å². The first-order valence-electron chi connectivity index (χ1n) is 6.81. The van der Waals surface area contributed by atoms with Gasteiger partial charge in [0.2, 0.25) is 5.82 Å². The van der Waals surface area contributed by atoms with Crippen molar-refractivity contribution in [2.45, 2.75) is 26.2 Å². The lowest BCUT2D eigenvalue weighted by atomic mass is 10.3. The number of hydrogen-bond donors (Lipinski definition) is 2. The quantitative estimate of drug-likeness (QED) is 0.389. The smallest absolute Gasteiger partial charge is 0.311 e. The highest BCUT2D eigenvalue weighted by Crippen LogP contribution is 2.23. The Kier molecular flexibility index (Phi) is 7.34. The number of ether oxygens (including phenoxy) is 1. The molecule has 0 atom stereocenters. The molecule has 0 aliphatic carbocycles. The number of rotatable bonds is 10. The van der Waals surface area contributed by atoms with Crippen LogP contribution < -0.4 is 10.6 Å². The third-order valence-corrected chi connectivity index (χ3v) is 2.69. The van der Waals surface area contributed by atoms with E-state index in [1.54, 1.807) is 13.2 Å². The Labute approximate surface area is 118 Å². The van der Waals surface area contributed by atoms with Gasteiger partial charge in [-0.15, -0.1) is 0 Å². The summed E-state index contributed by atoms with van der Waals surface area (Å²) in [5.41, 5.74) is -0.00112. The molecule has 0 unspecified atom stereocenters. The van der Waals surface area contributed by atoms with E-state index in [0.717, 1.165) is 25.8 Å². The van der Waals surface area contributed by atoms with E-state index in [1.165, 1.54) is 6.07 Å². The van der Waals surface area contributed by atoms with Crippen LogP contribution in [0.4, 0.5) is 17.3 Å². The van der Waals surface area contributed by atoms with Crippen molar-refractivity contribution in [3.05, 3.63) is 22.2 Å². The maximum Gasteiger partial charge on any atom is 0.311 e. The Morgan fingerprint density at radius 1 is 1.30 bits per heavy atom. The highest BCUT2D eigenvalue weighted by atomic mass is 16.6. The molecule has 20 heavy (non-hydrogen) atoms. The van der Waals surface area contributed by atoms with Gasteiger partial charge in [0.1, 0.15) is 5.82 Å². The average molecular weight is 282 g/mol. The van der Waals surface area contributed by atoms with Gasteiger partial charge in [0.15, 0.2) is 0 Å². The normalized spacial score (nSPS) is 10.3. The molecule has 1 rings (SSSR count). The van der Waals surface area contributed by atoms with Crippen LogP contribution in [0.25, 0.3) is 0 Å². The number of hydrogen-bond acceptors (Lipinski definition) is 6. The van der Waals surface area contributed by atoms with E-state index in [4.69, 9.17) is 4.74 Å². The van der Waals surface area contributed by atoms with Gasteiger partial charge in [-0.25, -0.2) is 4.98 Å². The van der Waals surface area contributed by atoms with Gasteiger partial charge in [-0.3, -0.25) is 10.1 Å². The number of nitrogens with one attached hydrogen (secondary N) is 2. The SMILES string of the molecule is CCCNc1ccc([N+](=O)[O-])c(NCCCCOC)n1. The Morgan fingerprint density at radius 3 is 2.75 bits per heavy atom. The van der Waals surface area contributed by atoms with Crippen molar-refractivity contribution in [2.75, 3.05) is 37.4 Å². The molecule has 0 spiro atoms. The van der Waals surface area contributed by atoms with Crippen LogP contribution in [0.15, 0.2) is 12.1 Å². The third-order valence-electron chi connectivity index (χ3n) is 2.69. The number of unbranched alkanes of at least 4 members (excludes halogenated alkanes) is 1. The molecule has 112 valence electrons. The van der Waals surface area contributed by atoms with Crippen molar-refractivity contribution in [3.63, 3.8) is 0 Å². The molecule has 0 aliphatic heterocycles. The predicted molar refractivity (Wildman–Crippen MR) is 79.3 cm³/mol. The van der Waals surface area contributed by atoms with Gasteiger partial charge >= 0.3 is 5.69 Å². The van der Waals surface area contributed by atoms with Crippen LogP contribution in [0.5, 0.6) is 0 Å². The van der Waals surface area contributed by atoms with Gasteiger partial charge in [0.25, 0.3) is 0 Å². The molecule has 2 N–H and O–H groups in total. The maximum absolute atomic E-state index is 11.0. The molecule has 0 saturated carbocycles. The van der Waals surface area contributed by atoms with Crippen molar-refractivity contribution >= 4 is 17.3 Å². The number of nitro groups is 1. The van der Waals surface area contributed by atoms with Crippen LogP contribution in [-0.2, 0) is 4.74 Å². The molecule has 7 heteroatoms. The fourth-order valence-electron chi connectivity index (χ4n) is 1.66. The first-order valence-corrected chi connectivity index (χ1v) is 6.81. The summed E-state index contributed by atoms with van der Waals surface area (Å²) in [4.78, 5) is 14.8. The molecule has 0 amide bonds. The summed E-state index contributed by atoms with van der Waals surface area (Å²) in [7, 11) is 1.66. The molecule has 0 radical (unpaired) electrons. The molecule has 1 aromatic heterocycles. The second kappa shape index (κ2) is 9.08. The summed E-state index contributed by atoms with van der Waals surface area (Å²) >= 11 is 0. The fourth-order valence-corrected chi connectivity index (χ4v) is 1.66. The van der Waals surface area contributed by atoms with Crippen molar-refractivity contribution in [3.8, 4) is 0 Å². The molecule has 1 aromatic rings. The van der Waals surface area contributed by atoms with E-state index in [-0.39, 0.29) is 5.69 Å². The van der Waals surface area contributed by atoms with Gasteiger partial charge in [0, 0.05) is 32.9 Å². The summed E-state index contributed by atoms with van der Waals surface area (Å²) < 4.78 is 4.96.